The minimum absolute atomic E-state index is 0.0274. The third-order valence-corrected chi connectivity index (χ3v) is 4.19. The molecule has 0 unspecified atom stereocenters. The van der Waals surface area contributed by atoms with Gasteiger partial charge in [0.1, 0.15) is 29.6 Å². The Kier molecular flexibility index (Phi) is 7.03. The van der Waals surface area contributed by atoms with Crippen molar-refractivity contribution in [2.75, 3.05) is 13.7 Å². The summed E-state index contributed by atoms with van der Waals surface area (Å²) in [6.07, 6.45) is -3.97. The first-order valence-electron chi connectivity index (χ1n) is 7.86. The first-order chi connectivity index (χ1) is 13.9. The highest BCUT2D eigenvalue weighted by atomic mass is 35.5. The fourth-order valence-corrected chi connectivity index (χ4v) is 2.71. The van der Waals surface area contributed by atoms with Gasteiger partial charge in [-0.1, -0.05) is 11.6 Å². The lowest BCUT2D eigenvalue weighted by atomic mass is 10.2. The van der Waals surface area contributed by atoms with Crippen LogP contribution in [0.4, 0.5) is 17.6 Å². The van der Waals surface area contributed by atoms with E-state index in [1.54, 1.807) is 0 Å². The molecule has 0 fully saturated rings. The van der Waals surface area contributed by atoms with Crippen LogP contribution in [0, 0.1) is 5.82 Å². The molecule has 0 saturated carbocycles. The molecule has 30 heavy (non-hydrogen) atoms. The van der Waals surface area contributed by atoms with Gasteiger partial charge in [0, 0.05) is 25.3 Å². The standard InChI is InChI=1S/C17H13ClF4N2O5S/c1-23-13(17(20,21)22)6-14(25)24(16(23)27)11-5-12(9(18)4-10(11)19)29-7-8(28-2)3-15(26)30/h3-6H,7H2,1-2H3,(H,26,30)/b8-3-. The molecule has 13 heteroatoms. The Balaban J connectivity index is 2.58. The van der Waals surface area contributed by atoms with Crippen molar-refractivity contribution in [2.45, 2.75) is 6.18 Å². The molecule has 0 aliphatic carbocycles. The Hall–Kier alpha value is -2.73. The molecule has 1 aromatic carbocycles. The first kappa shape index (κ1) is 23.5. The Bertz CT molecular complexity index is 1140. The van der Waals surface area contributed by atoms with E-state index in [4.69, 9.17) is 21.1 Å². The maximum atomic E-state index is 14.4. The normalized spacial score (nSPS) is 12.1. The van der Waals surface area contributed by atoms with Gasteiger partial charge in [0.15, 0.2) is 0 Å². The van der Waals surface area contributed by atoms with Gasteiger partial charge in [0.05, 0.1) is 17.8 Å². The van der Waals surface area contributed by atoms with Gasteiger partial charge in [-0.3, -0.25) is 14.2 Å². The second kappa shape index (κ2) is 8.96. The molecular weight excluding hydrogens is 456 g/mol. The molecule has 162 valence electrons. The van der Waals surface area contributed by atoms with E-state index in [1.807, 2.05) is 0 Å². The molecule has 0 aliphatic heterocycles. The molecule has 2 rings (SSSR count). The van der Waals surface area contributed by atoms with Crippen molar-refractivity contribution in [3.8, 4) is 11.4 Å². The van der Waals surface area contributed by atoms with E-state index < -0.39 is 39.7 Å². The quantitative estimate of drug-likeness (QED) is 0.305. The number of halogens is 5. The average Bonchev–Trinajstić information content (AvgIpc) is 2.63. The third-order valence-electron chi connectivity index (χ3n) is 3.77. The van der Waals surface area contributed by atoms with Gasteiger partial charge in [-0.05, 0) is 6.07 Å². The van der Waals surface area contributed by atoms with Crippen molar-refractivity contribution in [2.24, 2.45) is 7.05 Å². The summed E-state index contributed by atoms with van der Waals surface area (Å²) in [5.74, 6) is -1.35. The largest absolute Gasteiger partial charge is 0.497 e. The van der Waals surface area contributed by atoms with E-state index in [2.05, 4.69) is 12.6 Å². The molecule has 0 N–H and O–H groups in total. The number of aromatic nitrogens is 2. The number of methoxy groups -OCH3 is 1. The van der Waals surface area contributed by atoms with Crippen molar-refractivity contribution in [3.63, 3.8) is 0 Å². The molecule has 0 spiro atoms. The highest BCUT2D eigenvalue weighted by Crippen LogP contribution is 2.30. The summed E-state index contributed by atoms with van der Waals surface area (Å²) in [6, 6.07) is 1.75. The number of ether oxygens (including phenoxy) is 2. The Labute approximate surface area is 176 Å². The highest BCUT2D eigenvalue weighted by molar-refractivity contribution is 7.97. The number of benzene rings is 1. The van der Waals surface area contributed by atoms with E-state index in [9.17, 15) is 31.9 Å². The molecule has 0 aliphatic rings. The van der Waals surface area contributed by atoms with Gasteiger partial charge in [-0.2, -0.15) is 13.2 Å². The Morgan fingerprint density at radius 3 is 2.43 bits per heavy atom. The summed E-state index contributed by atoms with van der Waals surface area (Å²) in [5.41, 5.74) is -5.01. The first-order valence-corrected chi connectivity index (χ1v) is 8.69. The van der Waals surface area contributed by atoms with Crippen molar-refractivity contribution in [1.82, 2.24) is 9.13 Å². The van der Waals surface area contributed by atoms with Crippen LogP contribution >= 0.6 is 24.2 Å². The van der Waals surface area contributed by atoms with Crippen LogP contribution in [-0.4, -0.2) is 28.0 Å². The predicted octanol–water partition coefficient (Wildman–Crippen LogP) is 2.71. The van der Waals surface area contributed by atoms with Crippen LogP contribution in [0.25, 0.3) is 5.69 Å². The number of carbonyl (C=O) groups excluding carboxylic acids is 1. The highest BCUT2D eigenvalue weighted by Gasteiger charge is 2.35. The fraction of sp³-hybridized carbons (Fsp3) is 0.235. The van der Waals surface area contributed by atoms with E-state index >= 15 is 0 Å². The zero-order chi connectivity index (χ0) is 22.8. The monoisotopic (exact) mass is 468 g/mol. The maximum Gasteiger partial charge on any atom is 0.431 e. The predicted molar refractivity (Wildman–Crippen MR) is 102 cm³/mol. The molecule has 0 amide bonds. The Morgan fingerprint density at radius 1 is 1.27 bits per heavy atom. The lowest BCUT2D eigenvalue weighted by molar-refractivity contribution is -0.144. The summed E-state index contributed by atoms with van der Waals surface area (Å²) in [6.45, 7) is -0.354. The van der Waals surface area contributed by atoms with E-state index in [-0.39, 0.29) is 38.3 Å². The van der Waals surface area contributed by atoms with Gasteiger partial charge >= 0.3 is 11.9 Å². The number of carbonyl (C=O) groups is 1. The van der Waals surface area contributed by atoms with Gasteiger partial charge in [-0.25, -0.2) is 13.8 Å². The van der Waals surface area contributed by atoms with E-state index in [0.717, 1.165) is 25.3 Å². The van der Waals surface area contributed by atoms with E-state index in [1.165, 1.54) is 7.11 Å². The SMILES string of the molecule is CO/C(=C\C(=O)S)COc1cc(-n2c(=O)cc(C(F)(F)F)n(C)c2=O)c(F)cc1Cl. The molecule has 2 aromatic rings. The summed E-state index contributed by atoms with van der Waals surface area (Å²) in [7, 11) is 2.03. The summed E-state index contributed by atoms with van der Waals surface area (Å²) < 4.78 is 63.9. The number of hydrogen-bond donors (Lipinski definition) is 1. The number of rotatable bonds is 6. The summed E-state index contributed by atoms with van der Waals surface area (Å²) in [5, 5.41) is -0.901. The minimum atomic E-state index is -4.97. The van der Waals surface area contributed by atoms with Crippen molar-refractivity contribution < 1.29 is 31.8 Å². The number of hydrogen-bond acceptors (Lipinski definition) is 5. The minimum Gasteiger partial charge on any atom is -0.497 e. The molecule has 7 nitrogen and oxygen atoms in total. The molecule has 1 aromatic heterocycles. The Morgan fingerprint density at radius 2 is 1.90 bits per heavy atom. The molecular formula is C17H13ClF4N2O5S. The molecule has 0 atom stereocenters. The lowest BCUT2D eigenvalue weighted by Gasteiger charge is -2.16. The van der Waals surface area contributed by atoms with Gasteiger partial charge in [-0.15, -0.1) is 12.6 Å². The van der Waals surface area contributed by atoms with Crippen LogP contribution in [0.1, 0.15) is 5.69 Å². The lowest BCUT2D eigenvalue weighted by Crippen LogP contribution is -2.41. The molecule has 0 radical (unpaired) electrons. The maximum absolute atomic E-state index is 14.4. The molecule has 0 saturated heterocycles. The number of nitrogens with zero attached hydrogens (tertiary/aromatic N) is 2. The summed E-state index contributed by atoms with van der Waals surface area (Å²) in [4.78, 5) is 35.5. The smallest absolute Gasteiger partial charge is 0.431 e. The van der Waals surface area contributed by atoms with Crippen LogP contribution in [0.3, 0.4) is 0 Å². The average molecular weight is 469 g/mol. The number of thiol groups is 1. The second-order valence-corrected chi connectivity index (χ2v) is 6.57. The second-order valence-electron chi connectivity index (χ2n) is 5.72. The molecule has 1 heterocycles. The summed E-state index contributed by atoms with van der Waals surface area (Å²) >= 11 is 9.44. The number of alkyl halides is 3. The fourth-order valence-electron chi connectivity index (χ4n) is 2.37. The van der Waals surface area contributed by atoms with Crippen molar-refractivity contribution >= 4 is 29.3 Å². The zero-order valence-electron chi connectivity index (χ0n) is 15.3. The van der Waals surface area contributed by atoms with Gasteiger partial charge in [0.2, 0.25) is 5.12 Å². The van der Waals surface area contributed by atoms with Crippen LogP contribution < -0.4 is 16.0 Å². The van der Waals surface area contributed by atoms with Crippen molar-refractivity contribution in [1.29, 1.82) is 0 Å². The molecule has 0 bridgehead atoms. The van der Waals surface area contributed by atoms with E-state index in [0.29, 0.717) is 0 Å². The van der Waals surface area contributed by atoms with Crippen LogP contribution in [0.15, 0.2) is 39.6 Å². The van der Waals surface area contributed by atoms with Crippen LogP contribution in [0.2, 0.25) is 5.02 Å². The van der Waals surface area contributed by atoms with Crippen molar-refractivity contribution in [3.05, 3.63) is 67.4 Å². The van der Waals surface area contributed by atoms with Gasteiger partial charge < -0.3 is 9.47 Å². The van der Waals surface area contributed by atoms with Crippen LogP contribution in [-0.2, 0) is 22.8 Å². The van der Waals surface area contributed by atoms with Crippen LogP contribution in [0.5, 0.6) is 5.75 Å². The third kappa shape index (κ3) is 5.05. The topological polar surface area (TPSA) is 79.5 Å². The van der Waals surface area contributed by atoms with Gasteiger partial charge in [0.25, 0.3) is 5.56 Å². The zero-order valence-corrected chi connectivity index (χ0v) is 16.9.